The highest BCUT2D eigenvalue weighted by Gasteiger charge is 2.25. The largest absolute Gasteiger partial charge is 0.481 e. The van der Waals surface area contributed by atoms with Crippen molar-refractivity contribution in [1.82, 2.24) is 10.2 Å². The Bertz CT molecular complexity index is 519. The molecule has 7 heteroatoms. The van der Waals surface area contributed by atoms with Crippen molar-refractivity contribution in [3.05, 3.63) is 35.6 Å². The third-order valence-electron chi connectivity index (χ3n) is 2.86. The van der Waals surface area contributed by atoms with Crippen LogP contribution >= 0.6 is 0 Å². The number of carbonyl (C=O) groups is 2. The van der Waals surface area contributed by atoms with Crippen LogP contribution in [0.2, 0.25) is 0 Å². The summed E-state index contributed by atoms with van der Waals surface area (Å²) in [5.41, 5.74) is -1.17. The van der Waals surface area contributed by atoms with E-state index < -0.39 is 29.8 Å². The SMILES string of the molecule is CN(Cc1ccccc1F)C(=O)NCC(C)(O)CC(=O)O. The van der Waals surface area contributed by atoms with Crippen LogP contribution in [0.25, 0.3) is 0 Å². The van der Waals surface area contributed by atoms with Gasteiger partial charge < -0.3 is 20.4 Å². The minimum Gasteiger partial charge on any atom is -0.481 e. The van der Waals surface area contributed by atoms with Crippen LogP contribution in [-0.4, -0.2) is 46.3 Å². The zero-order valence-corrected chi connectivity index (χ0v) is 12.0. The molecule has 0 radical (unpaired) electrons. The molecule has 1 unspecified atom stereocenters. The van der Waals surface area contributed by atoms with Gasteiger partial charge in [0.2, 0.25) is 0 Å². The van der Waals surface area contributed by atoms with Crippen molar-refractivity contribution >= 4 is 12.0 Å². The van der Waals surface area contributed by atoms with Crippen molar-refractivity contribution in [2.45, 2.75) is 25.5 Å². The third kappa shape index (κ3) is 5.78. The molecule has 0 saturated carbocycles. The van der Waals surface area contributed by atoms with Crippen LogP contribution < -0.4 is 5.32 Å². The summed E-state index contributed by atoms with van der Waals surface area (Å²) in [7, 11) is 1.48. The molecule has 3 N–H and O–H groups in total. The number of benzene rings is 1. The van der Waals surface area contributed by atoms with Crippen LogP contribution in [0.1, 0.15) is 18.9 Å². The predicted octanol–water partition coefficient (Wildman–Crippen LogP) is 1.19. The number of urea groups is 1. The molecular weight excluding hydrogens is 279 g/mol. The number of aliphatic carboxylic acids is 1. The van der Waals surface area contributed by atoms with E-state index in [2.05, 4.69) is 5.32 Å². The molecule has 6 nitrogen and oxygen atoms in total. The maximum Gasteiger partial charge on any atom is 0.317 e. The van der Waals surface area contributed by atoms with Crippen molar-refractivity contribution in [2.75, 3.05) is 13.6 Å². The lowest BCUT2D eigenvalue weighted by Crippen LogP contribution is -2.46. The first-order chi connectivity index (χ1) is 9.71. The smallest absolute Gasteiger partial charge is 0.317 e. The molecule has 0 aliphatic carbocycles. The highest BCUT2D eigenvalue weighted by Crippen LogP contribution is 2.10. The number of carboxylic acids is 1. The molecule has 0 spiro atoms. The molecule has 0 aliphatic heterocycles. The van der Waals surface area contributed by atoms with E-state index in [9.17, 15) is 19.1 Å². The van der Waals surface area contributed by atoms with Gasteiger partial charge in [0.25, 0.3) is 0 Å². The van der Waals surface area contributed by atoms with Gasteiger partial charge in [0.15, 0.2) is 0 Å². The minimum atomic E-state index is -1.54. The van der Waals surface area contributed by atoms with Crippen LogP contribution in [0, 0.1) is 5.82 Å². The van der Waals surface area contributed by atoms with Gasteiger partial charge in [0, 0.05) is 25.7 Å². The number of halogens is 1. The Morgan fingerprint density at radius 1 is 1.38 bits per heavy atom. The van der Waals surface area contributed by atoms with E-state index >= 15 is 0 Å². The van der Waals surface area contributed by atoms with Gasteiger partial charge >= 0.3 is 12.0 Å². The fourth-order valence-electron chi connectivity index (χ4n) is 1.74. The van der Waals surface area contributed by atoms with E-state index in [-0.39, 0.29) is 13.1 Å². The lowest BCUT2D eigenvalue weighted by molar-refractivity contribution is -0.141. The number of amides is 2. The number of rotatable bonds is 6. The molecule has 1 aromatic carbocycles. The lowest BCUT2D eigenvalue weighted by Gasteiger charge is -2.24. The topological polar surface area (TPSA) is 89.9 Å². The quantitative estimate of drug-likeness (QED) is 0.736. The first-order valence-corrected chi connectivity index (χ1v) is 6.38. The van der Waals surface area contributed by atoms with Crippen LogP contribution in [0.15, 0.2) is 24.3 Å². The van der Waals surface area contributed by atoms with Crippen molar-refractivity contribution in [1.29, 1.82) is 0 Å². The Morgan fingerprint density at radius 2 is 2.00 bits per heavy atom. The maximum absolute atomic E-state index is 13.5. The van der Waals surface area contributed by atoms with Crippen LogP contribution in [0.4, 0.5) is 9.18 Å². The molecule has 1 rings (SSSR count). The second-order valence-electron chi connectivity index (χ2n) is 5.17. The lowest BCUT2D eigenvalue weighted by atomic mass is 10.0. The van der Waals surface area contributed by atoms with Gasteiger partial charge in [-0.3, -0.25) is 4.79 Å². The number of hydrogen-bond acceptors (Lipinski definition) is 3. The normalized spacial score (nSPS) is 13.3. The molecule has 116 valence electrons. The summed E-state index contributed by atoms with van der Waals surface area (Å²) >= 11 is 0. The van der Waals surface area contributed by atoms with Crippen LogP contribution in [0.3, 0.4) is 0 Å². The van der Waals surface area contributed by atoms with Crippen molar-refractivity contribution < 1.29 is 24.2 Å². The summed E-state index contributed by atoms with van der Waals surface area (Å²) in [5, 5.41) is 20.8. The highest BCUT2D eigenvalue weighted by molar-refractivity contribution is 5.74. The number of carboxylic acid groups (broad SMARTS) is 1. The summed E-state index contributed by atoms with van der Waals surface area (Å²) < 4.78 is 13.5. The van der Waals surface area contributed by atoms with E-state index in [1.165, 1.54) is 24.9 Å². The van der Waals surface area contributed by atoms with Crippen LogP contribution in [-0.2, 0) is 11.3 Å². The first-order valence-electron chi connectivity index (χ1n) is 6.38. The fraction of sp³-hybridized carbons (Fsp3) is 0.429. The van der Waals surface area contributed by atoms with E-state index in [0.29, 0.717) is 5.56 Å². The van der Waals surface area contributed by atoms with E-state index in [1.54, 1.807) is 18.2 Å². The van der Waals surface area contributed by atoms with E-state index in [0.717, 1.165) is 0 Å². The Labute approximate surface area is 122 Å². The first kappa shape index (κ1) is 16.9. The fourth-order valence-corrected chi connectivity index (χ4v) is 1.74. The molecule has 1 aromatic rings. The Hall–Kier alpha value is -2.15. The average Bonchev–Trinajstić information content (AvgIpc) is 2.37. The number of carbonyl (C=O) groups excluding carboxylic acids is 1. The summed E-state index contributed by atoms with van der Waals surface area (Å²) in [4.78, 5) is 23.6. The van der Waals surface area contributed by atoms with Crippen LogP contribution in [0.5, 0.6) is 0 Å². The van der Waals surface area contributed by atoms with E-state index in [1.807, 2.05) is 0 Å². The van der Waals surface area contributed by atoms with Crippen molar-refractivity contribution in [3.63, 3.8) is 0 Å². The molecule has 0 heterocycles. The zero-order chi connectivity index (χ0) is 16.0. The van der Waals surface area contributed by atoms with Gasteiger partial charge in [-0.25, -0.2) is 9.18 Å². The number of aliphatic hydroxyl groups is 1. The molecule has 0 aliphatic rings. The Morgan fingerprint density at radius 3 is 2.57 bits per heavy atom. The Balaban J connectivity index is 2.52. The molecular formula is C14H19FN2O4. The van der Waals surface area contributed by atoms with Gasteiger partial charge in [-0.15, -0.1) is 0 Å². The van der Waals surface area contributed by atoms with Gasteiger partial charge in [-0.05, 0) is 13.0 Å². The van der Waals surface area contributed by atoms with Gasteiger partial charge in [0.1, 0.15) is 5.82 Å². The standard InChI is InChI=1S/C14H19FN2O4/c1-14(21,7-12(18)19)9-16-13(20)17(2)8-10-5-3-4-6-11(10)15/h3-6,21H,7-9H2,1-2H3,(H,16,20)(H,18,19). The molecule has 0 bridgehead atoms. The monoisotopic (exact) mass is 298 g/mol. The number of nitrogens with zero attached hydrogens (tertiary/aromatic N) is 1. The highest BCUT2D eigenvalue weighted by atomic mass is 19.1. The second kappa shape index (κ2) is 7.03. The van der Waals surface area contributed by atoms with Crippen molar-refractivity contribution in [3.8, 4) is 0 Å². The third-order valence-corrected chi connectivity index (χ3v) is 2.86. The Kier molecular flexibility index (Phi) is 5.66. The molecule has 0 saturated heterocycles. The van der Waals surface area contributed by atoms with Gasteiger partial charge in [-0.1, -0.05) is 18.2 Å². The summed E-state index contributed by atoms with van der Waals surface area (Å²) in [6, 6.07) is 5.58. The summed E-state index contributed by atoms with van der Waals surface area (Å²) in [6.45, 7) is 1.18. The van der Waals surface area contributed by atoms with Gasteiger partial charge in [0.05, 0.1) is 12.0 Å². The van der Waals surface area contributed by atoms with Gasteiger partial charge in [-0.2, -0.15) is 0 Å². The summed E-state index contributed by atoms with van der Waals surface area (Å²) in [6.07, 6.45) is -0.482. The minimum absolute atomic E-state index is 0.0690. The zero-order valence-electron chi connectivity index (χ0n) is 12.0. The molecule has 0 aromatic heterocycles. The molecule has 0 fully saturated rings. The predicted molar refractivity (Wildman–Crippen MR) is 74.1 cm³/mol. The van der Waals surface area contributed by atoms with Crippen molar-refractivity contribution in [2.24, 2.45) is 0 Å². The maximum atomic E-state index is 13.5. The number of hydrogen-bond donors (Lipinski definition) is 3. The molecule has 1 atom stereocenters. The summed E-state index contributed by atoms with van der Waals surface area (Å²) in [5.74, 6) is -1.57. The van der Waals surface area contributed by atoms with E-state index in [4.69, 9.17) is 5.11 Å². The second-order valence-corrected chi connectivity index (χ2v) is 5.17. The average molecular weight is 298 g/mol. The number of nitrogens with one attached hydrogen (secondary N) is 1. The molecule has 21 heavy (non-hydrogen) atoms. The molecule has 2 amide bonds.